The summed E-state index contributed by atoms with van der Waals surface area (Å²) in [5.74, 6) is -1.10. The molecule has 5 heterocycles. The summed E-state index contributed by atoms with van der Waals surface area (Å²) in [6.07, 6.45) is 7.17. The summed E-state index contributed by atoms with van der Waals surface area (Å²) in [7, 11) is 12.3. The van der Waals surface area contributed by atoms with E-state index < -0.39 is 41.0 Å². The minimum absolute atomic E-state index is 0.0568. The van der Waals surface area contributed by atoms with Crippen molar-refractivity contribution in [2.75, 3.05) is 75.8 Å². The normalized spacial score (nSPS) is 11.6. The number of carbonyl (C=O) groups excluding carboxylic acids is 1. The van der Waals surface area contributed by atoms with Gasteiger partial charge in [0.25, 0.3) is 0 Å². The Morgan fingerprint density at radius 1 is 0.393 bits per heavy atom. The van der Waals surface area contributed by atoms with Gasteiger partial charge in [-0.15, -0.1) is 0 Å². The van der Waals surface area contributed by atoms with Crippen LogP contribution in [0.1, 0.15) is 58.5 Å². The van der Waals surface area contributed by atoms with Gasteiger partial charge in [0.1, 0.15) is 87.4 Å². The second kappa shape index (κ2) is 48.9. The lowest BCUT2D eigenvalue weighted by atomic mass is 10.1. The number of nitrogens with zero attached hydrogens (tertiary/aromatic N) is 3. The molecule has 26 nitrogen and oxygen atoms in total. The molecule has 1 saturated carbocycles. The van der Waals surface area contributed by atoms with Crippen LogP contribution in [0, 0.1) is 29.1 Å². The van der Waals surface area contributed by atoms with Crippen molar-refractivity contribution in [3.05, 3.63) is 331 Å². The molecule has 17 aromatic rings. The van der Waals surface area contributed by atoms with Crippen molar-refractivity contribution in [2.45, 2.75) is 44.6 Å². The first-order valence-corrected chi connectivity index (χ1v) is 47.6. The number of aromatic nitrogens is 1. The van der Waals surface area contributed by atoms with Crippen LogP contribution in [-0.4, -0.2) is 135 Å². The molecule has 12 aromatic carbocycles. The van der Waals surface area contributed by atoms with Gasteiger partial charge in [-0.25, -0.2) is 31.5 Å². The molecule has 0 aliphatic heterocycles. The highest BCUT2D eigenvalue weighted by Gasteiger charge is 2.23. The molecule has 140 heavy (non-hydrogen) atoms. The van der Waals surface area contributed by atoms with E-state index in [2.05, 4.69) is 122 Å². The first kappa shape index (κ1) is 106. The number of nitrogens with one attached hydrogen (secondary N) is 1. The Hall–Kier alpha value is -12.8. The van der Waals surface area contributed by atoms with Gasteiger partial charge in [-0.2, -0.15) is 0 Å². The average molecular weight is 2370 g/mol. The third-order valence-corrected chi connectivity index (χ3v) is 24.2. The number of amides is 1. The van der Waals surface area contributed by atoms with E-state index >= 15 is 0 Å². The van der Waals surface area contributed by atoms with Crippen molar-refractivity contribution in [1.29, 1.82) is 0 Å². The van der Waals surface area contributed by atoms with Gasteiger partial charge in [-0.3, -0.25) is 29.0 Å². The number of aryl methyl sites for hydroxylation is 1. The zero-order valence-electron chi connectivity index (χ0n) is 74.9. The molecule has 0 spiro atoms. The molecule has 5 N–H and O–H groups in total. The molecule has 0 radical (unpaired) electrons. The van der Waals surface area contributed by atoms with Gasteiger partial charge in [-0.1, -0.05) is 108 Å². The molecule has 38 heteroatoms. The van der Waals surface area contributed by atoms with Gasteiger partial charge in [0.05, 0.1) is 76.2 Å². The quantitative estimate of drug-likeness (QED) is 0.0329. The topological polar surface area (TPSA) is 349 Å². The van der Waals surface area contributed by atoms with E-state index in [1.54, 1.807) is 103 Å². The van der Waals surface area contributed by atoms with Gasteiger partial charge in [0.15, 0.2) is 68.3 Å². The average Bonchev–Trinajstić information content (AvgIpc) is 0.792. The predicted molar refractivity (Wildman–Crippen MR) is 548 cm³/mol. The molecule has 1 amide bonds. The smallest absolute Gasteiger partial charge is 0.339 e. The molecule has 0 atom stereocenters. The van der Waals surface area contributed by atoms with Crippen LogP contribution in [0.4, 0.5) is 22.0 Å². The summed E-state index contributed by atoms with van der Waals surface area (Å²) in [5.41, 5.74) is 1.93. The van der Waals surface area contributed by atoms with E-state index in [0.29, 0.717) is 142 Å². The number of ether oxygens (including phenoxy) is 7. The molecular weight excluding hydrogens is 2290 g/mol. The molecule has 0 unspecified atom stereocenters. The van der Waals surface area contributed by atoms with E-state index in [4.69, 9.17) is 66.1 Å². The lowest BCUT2D eigenvalue weighted by Gasteiger charge is -2.13. The third-order valence-electron chi connectivity index (χ3n) is 20.7. The Labute approximate surface area is 852 Å². The fraction of sp³-hybridized carbons (Fsp3) is 0.176. The van der Waals surface area contributed by atoms with Crippen molar-refractivity contribution in [3.63, 3.8) is 0 Å². The number of phenolic OH excluding ortho intramolecular Hbond substituents is 2. The molecule has 0 saturated heterocycles. The fourth-order valence-corrected chi connectivity index (χ4v) is 16.8. The van der Waals surface area contributed by atoms with Gasteiger partial charge < -0.3 is 86.4 Å². The van der Waals surface area contributed by atoms with Crippen molar-refractivity contribution in [1.82, 2.24) is 20.1 Å². The Morgan fingerprint density at radius 2 is 0.793 bits per heavy atom. The molecule has 1 aliphatic carbocycles. The van der Waals surface area contributed by atoms with E-state index in [1.807, 2.05) is 50.1 Å². The third kappa shape index (κ3) is 27.9. The number of pyridine rings is 1. The van der Waals surface area contributed by atoms with Crippen LogP contribution < -0.4 is 60.2 Å². The van der Waals surface area contributed by atoms with Crippen molar-refractivity contribution < 1.29 is 108 Å². The minimum Gasteiger partial charge on any atom is -0.504 e. The number of hydrogen-bond acceptors (Lipinski definition) is 23. The number of benzene rings is 12. The second-order valence-electron chi connectivity index (χ2n) is 31.2. The Balaban J connectivity index is 0.000000153. The lowest BCUT2D eigenvalue weighted by Crippen LogP contribution is -2.32. The Kier molecular flexibility index (Phi) is 37.0. The number of aromatic carboxylic acids is 2. The maximum Gasteiger partial charge on any atom is 0.339 e. The van der Waals surface area contributed by atoms with Gasteiger partial charge in [-0.05, 0) is 239 Å². The summed E-state index contributed by atoms with van der Waals surface area (Å²) in [6, 6.07) is 50.5. The summed E-state index contributed by atoms with van der Waals surface area (Å²) in [5, 5.41) is 42.4. The van der Waals surface area contributed by atoms with Crippen LogP contribution in [0.15, 0.2) is 281 Å². The molecule has 1 fully saturated rings. The monoisotopic (exact) mass is 2360 g/mol. The van der Waals surface area contributed by atoms with Gasteiger partial charge >= 0.3 is 11.9 Å². The van der Waals surface area contributed by atoms with Crippen LogP contribution in [0.5, 0.6) is 63.2 Å². The number of hydrogen-bond donors (Lipinski definition) is 5. The van der Waals surface area contributed by atoms with E-state index in [9.17, 15) is 60.6 Å². The molecule has 18 rings (SSSR count). The standard InChI is InChI=1S/C30H32BrN3O5.C17H15BrFNO3.C14H10BrFO4.C14H8BrFO3.C13H6BrFO3.C7H4BrFO2.C7H7BrO2/c1-34(2)13-14-37-27-16-19(31)15-25-29(36)24-11-10-22(17-26(24)39-30(25)27)38-23-9-7-20(32-18-23)8-12-28(35)33-21-5-3-4-6-21;1-20(2)5-6-22-15-8-10(18)7-13-16(21)12-4-3-11(19)9-14(12)23-17(13)15;1-19-13-6-8(15)2-5-11(13)20-12-7-9(16)3-4-10(12)14(17)18;1-18-12-5-7(15)4-10-13(17)9-3-2-8(16)6-11(9)19-14(10)12;14-6-3-9-12(17)8-2-1-7(15)5-11(8)18-13(9)10(16)4-6;8-6-3-4(9)1-2-5(6)7(10)11;1-10-7-4-5(8)2-3-6(7)9/h7,9-11,15-18,21H,3-6,8,12-14H2,1-2H3,(H,33,35);3-4,7-9H,5-6H2,1-2H3;2-7H,1H3,(H,17,18);2-6H,1H3;1-5,16H;1-3H,(H,10,11);2-4,9H,1H3. The number of carbonyl (C=O) groups is 3. The number of fused-ring (bicyclic) bond motifs is 8. The Bertz CT molecular complexity index is 7760. The number of likely N-dealkylation sites (N-methyl/N-ethyl adjacent to an activating group) is 2. The molecule has 726 valence electrons. The van der Waals surface area contributed by atoms with Gasteiger partial charge in [0, 0.05) is 92.9 Å². The van der Waals surface area contributed by atoms with Crippen molar-refractivity contribution in [2.24, 2.45) is 0 Å². The summed E-state index contributed by atoms with van der Waals surface area (Å²) in [4.78, 5) is 92.6. The maximum atomic E-state index is 13.4. The lowest BCUT2D eigenvalue weighted by molar-refractivity contribution is -0.121. The van der Waals surface area contributed by atoms with Crippen LogP contribution in [-0.2, 0) is 11.2 Å². The van der Waals surface area contributed by atoms with Crippen LogP contribution in [0.2, 0.25) is 0 Å². The van der Waals surface area contributed by atoms with Crippen LogP contribution in [0.3, 0.4) is 0 Å². The largest absolute Gasteiger partial charge is 0.504 e. The molecule has 5 aromatic heterocycles. The molecular formula is C102H82Br7F5N4O22. The number of phenols is 2. The number of methoxy groups -OCH3 is 3. The molecule has 1 aliphatic rings. The fourth-order valence-electron chi connectivity index (χ4n) is 13.9. The van der Waals surface area contributed by atoms with E-state index in [0.717, 1.165) is 85.9 Å². The number of halogens is 12. The zero-order chi connectivity index (χ0) is 101. The number of aromatic hydroxyl groups is 2. The summed E-state index contributed by atoms with van der Waals surface area (Å²) in [6.45, 7) is 2.35. The second-order valence-corrected chi connectivity index (χ2v) is 37.5. The van der Waals surface area contributed by atoms with Crippen LogP contribution in [0.25, 0.3) is 87.8 Å². The van der Waals surface area contributed by atoms with E-state index in [-0.39, 0.29) is 93.6 Å². The van der Waals surface area contributed by atoms with E-state index in [1.165, 1.54) is 94.8 Å². The molecule has 0 bridgehead atoms. The zero-order valence-corrected chi connectivity index (χ0v) is 86.0. The number of rotatable bonds is 21. The summed E-state index contributed by atoms with van der Waals surface area (Å²) >= 11 is 22.8. The van der Waals surface area contributed by atoms with Crippen LogP contribution >= 0.6 is 112 Å². The number of carboxylic acid groups (broad SMARTS) is 2. The SMILES string of the molecule is CN(C)CCOc1cc(Br)cc2c(=O)c3ccc(F)cc3oc12.CN(C)CCOc1cc(Br)cc2c(=O)c3ccc(Oc4ccc(CCC(=O)NC5CCCC5)nc4)cc3oc12.COc1cc(Br)cc2c(=O)c3ccc(F)cc3oc12.COc1cc(Br)ccc1O.COc1cc(Br)ccc1Oc1cc(F)ccc1C(=O)O.O=C(O)c1ccc(F)cc1Br.O=c1c2ccc(F)cc2oc2c(O)cc(Br)cc12. The van der Waals surface area contributed by atoms with Crippen molar-refractivity contribution in [3.8, 4) is 63.2 Å². The Morgan fingerprint density at radius 3 is 1.25 bits per heavy atom. The highest BCUT2D eigenvalue weighted by molar-refractivity contribution is 9.11. The van der Waals surface area contributed by atoms with Crippen molar-refractivity contribution >= 4 is 217 Å². The maximum absolute atomic E-state index is 13.4. The predicted octanol–water partition coefficient (Wildman–Crippen LogP) is 25.6. The van der Waals surface area contributed by atoms with Gasteiger partial charge in [0.2, 0.25) is 27.6 Å². The highest BCUT2D eigenvalue weighted by atomic mass is 79.9. The number of carboxylic acids is 2. The summed E-state index contributed by atoms with van der Waals surface area (Å²) < 4.78 is 131. The first-order valence-electron chi connectivity index (χ1n) is 42.1. The highest BCUT2D eigenvalue weighted by Crippen LogP contribution is 2.40. The minimum atomic E-state index is -1.20. The first-order chi connectivity index (χ1) is 66.8.